The number of carboxylic acids is 1. The Hall–Kier alpha value is -0.830. The van der Waals surface area contributed by atoms with Crippen molar-refractivity contribution in [3.63, 3.8) is 0 Å². The van der Waals surface area contributed by atoms with E-state index < -0.39 is 11.5 Å². The SMILES string of the molecule is CCC(CC)(NCC1CC=CCC1)C(=O)O. The normalized spacial score (nSPS) is 21.0. The molecule has 1 unspecified atom stereocenters. The molecule has 3 heteroatoms. The van der Waals surface area contributed by atoms with Crippen molar-refractivity contribution < 1.29 is 9.90 Å². The van der Waals surface area contributed by atoms with E-state index >= 15 is 0 Å². The molecule has 0 fully saturated rings. The van der Waals surface area contributed by atoms with Gasteiger partial charge in [0.15, 0.2) is 0 Å². The summed E-state index contributed by atoms with van der Waals surface area (Å²) < 4.78 is 0. The number of aliphatic carboxylic acids is 1. The van der Waals surface area contributed by atoms with E-state index in [0.29, 0.717) is 18.8 Å². The lowest BCUT2D eigenvalue weighted by atomic mass is 9.89. The van der Waals surface area contributed by atoms with Crippen LogP contribution in [0.1, 0.15) is 46.0 Å². The number of carboxylic acid groups (broad SMARTS) is 1. The van der Waals surface area contributed by atoms with Gasteiger partial charge in [0.2, 0.25) is 0 Å². The Labute approximate surface area is 97.9 Å². The molecule has 0 heterocycles. The molecule has 2 N–H and O–H groups in total. The molecule has 1 atom stereocenters. The number of hydrogen-bond donors (Lipinski definition) is 2. The standard InChI is InChI=1S/C13H23NO2/c1-3-13(4-2,12(15)16)14-10-11-8-6-5-7-9-11/h5-6,11,14H,3-4,7-10H2,1-2H3,(H,15,16). The lowest BCUT2D eigenvalue weighted by Crippen LogP contribution is -2.52. The van der Waals surface area contributed by atoms with Crippen LogP contribution in [0.3, 0.4) is 0 Å². The first-order chi connectivity index (χ1) is 7.64. The molecule has 0 amide bonds. The Morgan fingerprint density at radius 3 is 2.56 bits per heavy atom. The van der Waals surface area contributed by atoms with Gasteiger partial charge in [-0.2, -0.15) is 0 Å². The largest absolute Gasteiger partial charge is 0.480 e. The van der Waals surface area contributed by atoms with Crippen LogP contribution in [0.25, 0.3) is 0 Å². The lowest BCUT2D eigenvalue weighted by molar-refractivity contribution is -0.145. The van der Waals surface area contributed by atoms with Gasteiger partial charge in [0.1, 0.15) is 5.54 Å². The first-order valence-electron chi connectivity index (χ1n) is 6.28. The van der Waals surface area contributed by atoms with Gasteiger partial charge < -0.3 is 10.4 Å². The van der Waals surface area contributed by atoms with Crippen molar-refractivity contribution >= 4 is 5.97 Å². The molecule has 0 radical (unpaired) electrons. The molecule has 3 nitrogen and oxygen atoms in total. The fraction of sp³-hybridized carbons (Fsp3) is 0.769. The van der Waals surface area contributed by atoms with E-state index in [4.69, 9.17) is 0 Å². The molecule has 16 heavy (non-hydrogen) atoms. The third kappa shape index (κ3) is 3.08. The van der Waals surface area contributed by atoms with Gasteiger partial charge in [0.25, 0.3) is 0 Å². The Morgan fingerprint density at radius 1 is 1.44 bits per heavy atom. The minimum absolute atomic E-state index is 0.599. The molecule has 1 rings (SSSR count). The minimum atomic E-state index is -0.721. The number of hydrogen-bond acceptors (Lipinski definition) is 2. The summed E-state index contributed by atoms with van der Waals surface area (Å²) in [6.45, 7) is 4.69. The molecule has 0 aromatic heterocycles. The van der Waals surface area contributed by atoms with Crippen molar-refractivity contribution in [1.82, 2.24) is 5.32 Å². The average molecular weight is 225 g/mol. The maximum absolute atomic E-state index is 11.3. The highest BCUT2D eigenvalue weighted by molar-refractivity contribution is 5.78. The van der Waals surface area contributed by atoms with Gasteiger partial charge in [-0.15, -0.1) is 0 Å². The van der Waals surface area contributed by atoms with Gasteiger partial charge in [-0.3, -0.25) is 4.79 Å². The number of rotatable bonds is 6. The maximum atomic E-state index is 11.3. The van der Waals surface area contributed by atoms with Crippen LogP contribution < -0.4 is 5.32 Å². The van der Waals surface area contributed by atoms with E-state index in [9.17, 15) is 9.90 Å². The fourth-order valence-electron chi connectivity index (χ4n) is 2.26. The van der Waals surface area contributed by atoms with Gasteiger partial charge in [0.05, 0.1) is 0 Å². The lowest BCUT2D eigenvalue weighted by Gasteiger charge is -2.30. The second kappa shape index (κ2) is 6.04. The average Bonchev–Trinajstić information content (AvgIpc) is 2.32. The van der Waals surface area contributed by atoms with Gasteiger partial charge in [-0.05, 0) is 44.6 Å². The van der Waals surface area contributed by atoms with Crippen LogP contribution in [0.15, 0.2) is 12.2 Å². The molecular formula is C13H23NO2. The van der Waals surface area contributed by atoms with Gasteiger partial charge in [-0.25, -0.2) is 0 Å². The second-order valence-corrected chi connectivity index (χ2v) is 4.63. The summed E-state index contributed by atoms with van der Waals surface area (Å²) in [4.78, 5) is 11.3. The highest BCUT2D eigenvalue weighted by atomic mass is 16.4. The zero-order chi connectivity index (χ0) is 12.0. The van der Waals surface area contributed by atoms with Crippen LogP contribution >= 0.6 is 0 Å². The highest BCUT2D eigenvalue weighted by Crippen LogP contribution is 2.20. The van der Waals surface area contributed by atoms with E-state index in [1.165, 1.54) is 6.42 Å². The van der Waals surface area contributed by atoms with E-state index in [2.05, 4.69) is 17.5 Å². The Kier molecular flexibility index (Phi) is 5.00. The summed E-state index contributed by atoms with van der Waals surface area (Å²) in [6, 6.07) is 0. The maximum Gasteiger partial charge on any atom is 0.323 e. The Balaban J connectivity index is 2.49. The minimum Gasteiger partial charge on any atom is -0.480 e. The zero-order valence-corrected chi connectivity index (χ0v) is 10.3. The molecule has 0 spiro atoms. The third-order valence-electron chi connectivity index (χ3n) is 3.72. The van der Waals surface area contributed by atoms with Crippen LogP contribution in [0.4, 0.5) is 0 Å². The van der Waals surface area contributed by atoms with Gasteiger partial charge in [0, 0.05) is 0 Å². The highest BCUT2D eigenvalue weighted by Gasteiger charge is 2.34. The molecule has 1 aliphatic rings. The zero-order valence-electron chi connectivity index (χ0n) is 10.3. The first kappa shape index (κ1) is 13.2. The molecule has 0 aromatic rings. The molecule has 0 saturated carbocycles. The van der Waals surface area contributed by atoms with Crippen LogP contribution in [-0.4, -0.2) is 23.2 Å². The predicted octanol–water partition coefficient (Wildman–Crippen LogP) is 2.58. The smallest absolute Gasteiger partial charge is 0.323 e. The third-order valence-corrected chi connectivity index (χ3v) is 3.72. The van der Waals surface area contributed by atoms with E-state index in [-0.39, 0.29) is 0 Å². The second-order valence-electron chi connectivity index (χ2n) is 4.63. The molecule has 0 bridgehead atoms. The van der Waals surface area contributed by atoms with Crippen LogP contribution in [0.5, 0.6) is 0 Å². The fourth-order valence-corrected chi connectivity index (χ4v) is 2.26. The summed E-state index contributed by atoms with van der Waals surface area (Å²) in [5.41, 5.74) is -0.721. The van der Waals surface area contributed by atoms with Crippen molar-refractivity contribution in [3.8, 4) is 0 Å². The van der Waals surface area contributed by atoms with Crippen molar-refractivity contribution in [2.75, 3.05) is 6.54 Å². The molecule has 0 saturated heterocycles. The monoisotopic (exact) mass is 225 g/mol. The Morgan fingerprint density at radius 2 is 2.12 bits per heavy atom. The van der Waals surface area contributed by atoms with E-state index in [0.717, 1.165) is 19.4 Å². The summed E-state index contributed by atoms with van der Waals surface area (Å²) >= 11 is 0. The van der Waals surface area contributed by atoms with E-state index in [1.54, 1.807) is 0 Å². The molecule has 92 valence electrons. The molecular weight excluding hydrogens is 202 g/mol. The van der Waals surface area contributed by atoms with Crippen LogP contribution in [0, 0.1) is 5.92 Å². The number of nitrogens with one attached hydrogen (secondary N) is 1. The quantitative estimate of drug-likeness (QED) is 0.683. The predicted molar refractivity (Wildman–Crippen MR) is 65.4 cm³/mol. The summed E-state index contributed by atoms with van der Waals surface area (Å²) in [7, 11) is 0. The van der Waals surface area contributed by atoms with Gasteiger partial charge >= 0.3 is 5.97 Å². The molecule has 0 aromatic carbocycles. The first-order valence-corrected chi connectivity index (χ1v) is 6.28. The Bertz CT molecular complexity index is 257. The van der Waals surface area contributed by atoms with Crippen molar-refractivity contribution in [2.45, 2.75) is 51.5 Å². The summed E-state index contributed by atoms with van der Waals surface area (Å²) in [5, 5.41) is 12.5. The van der Waals surface area contributed by atoms with Gasteiger partial charge in [-0.1, -0.05) is 26.0 Å². The van der Waals surface area contributed by atoms with Crippen molar-refractivity contribution in [2.24, 2.45) is 5.92 Å². The van der Waals surface area contributed by atoms with Crippen molar-refractivity contribution in [1.29, 1.82) is 0 Å². The topological polar surface area (TPSA) is 49.3 Å². The molecule has 0 aliphatic heterocycles. The van der Waals surface area contributed by atoms with Crippen LogP contribution in [0.2, 0.25) is 0 Å². The summed E-state index contributed by atoms with van der Waals surface area (Å²) in [5.74, 6) is -0.120. The van der Waals surface area contributed by atoms with E-state index in [1.807, 2.05) is 13.8 Å². The number of carbonyl (C=O) groups is 1. The summed E-state index contributed by atoms with van der Waals surface area (Å²) in [6.07, 6.45) is 9.08. The number of allylic oxidation sites excluding steroid dienone is 2. The van der Waals surface area contributed by atoms with Crippen LogP contribution in [-0.2, 0) is 4.79 Å². The molecule has 1 aliphatic carbocycles. The van der Waals surface area contributed by atoms with Crippen molar-refractivity contribution in [3.05, 3.63) is 12.2 Å².